The number of thiazole rings is 1. The van der Waals surface area contributed by atoms with Crippen molar-refractivity contribution in [2.45, 2.75) is 19.3 Å². The van der Waals surface area contributed by atoms with Crippen LogP contribution in [0.2, 0.25) is 0 Å². The van der Waals surface area contributed by atoms with E-state index < -0.39 is 40.9 Å². The number of hydrogen-bond acceptors (Lipinski definition) is 4. The van der Waals surface area contributed by atoms with Crippen LogP contribution in [0.25, 0.3) is 0 Å². The Bertz CT molecular complexity index is 1070. The fraction of sp³-hybridized carbons (Fsp3) is 0.158. The maximum Gasteiger partial charge on any atom is 0.416 e. The van der Waals surface area contributed by atoms with Crippen LogP contribution in [0.4, 0.5) is 47.2 Å². The van der Waals surface area contributed by atoms with Crippen LogP contribution in [0.5, 0.6) is 0 Å². The first-order valence-electron chi connectivity index (χ1n) is 8.44. The van der Waals surface area contributed by atoms with E-state index in [-0.39, 0.29) is 21.8 Å². The number of aromatic nitrogens is 1. The summed E-state index contributed by atoms with van der Waals surface area (Å²) in [4.78, 5) is 16.6. The van der Waals surface area contributed by atoms with Gasteiger partial charge in [-0.1, -0.05) is 11.3 Å². The van der Waals surface area contributed by atoms with Crippen LogP contribution in [0.3, 0.4) is 0 Å². The van der Waals surface area contributed by atoms with Gasteiger partial charge in [0.25, 0.3) is 5.91 Å². The number of nitrogens with one attached hydrogen (secondary N) is 2. The Morgan fingerprint density at radius 3 is 1.97 bits per heavy atom. The molecule has 0 atom stereocenters. The third kappa shape index (κ3) is 5.51. The molecule has 0 fully saturated rings. The van der Waals surface area contributed by atoms with Gasteiger partial charge in [0.1, 0.15) is 10.7 Å². The number of hydrogen-bond donors (Lipinski definition) is 2. The van der Waals surface area contributed by atoms with Crippen LogP contribution in [0.15, 0.2) is 42.5 Å². The molecule has 0 bridgehead atoms. The van der Waals surface area contributed by atoms with Gasteiger partial charge in [-0.3, -0.25) is 4.79 Å². The van der Waals surface area contributed by atoms with E-state index in [1.54, 1.807) is 0 Å². The molecule has 164 valence electrons. The highest BCUT2D eigenvalue weighted by Crippen LogP contribution is 2.38. The molecule has 0 aliphatic heterocycles. The Hall–Kier alpha value is -3.15. The molecule has 0 unspecified atom stereocenters. The zero-order valence-electron chi connectivity index (χ0n) is 15.5. The number of halogens is 7. The monoisotopic (exact) mass is 463 g/mol. The molecular formula is C19H12F7N3OS. The highest BCUT2D eigenvalue weighted by atomic mass is 32.1. The topological polar surface area (TPSA) is 54.0 Å². The molecule has 0 spiro atoms. The SMILES string of the molecule is Cc1nc(Nc2ccc(F)cc2)sc1C(=O)Nc1cc(C(F)(F)F)cc(C(F)(F)F)c1. The molecular weight excluding hydrogens is 451 g/mol. The van der Waals surface area contributed by atoms with Crippen molar-refractivity contribution in [3.05, 3.63) is 70.0 Å². The number of carbonyl (C=O) groups excluding carboxylic acids is 1. The first-order chi connectivity index (χ1) is 14.3. The Kier molecular flexibility index (Phi) is 5.94. The summed E-state index contributed by atoms with van der Waals surface area (Å²) in [6.45, 7) is 1.45. The first-order valence-corrected chi connectivity index (χ1v) is 9.25. The molecule has 31 heavy (non-hydrogen) atoms. The van der Waals surface area contributed by atoms with Gasteiger partial charge in [0.15, 0.2) is 5.13 Å². The molecule has 0 aliphatic rings. The number of aryl methyl sites for hydroxylation is 1. The quantitative estimate of drug-likeness (QED) is 0.428. The summed E-state index contributed by atoms with van der Waals surface area (Å²) in [6.07, 6.45) is -10.1. The zero-order valence-corrected chi connectivity index (χ0v) is 16.3. The van der Waals surface area contributed by atoms with E-state index in [1.165, 1.54) is 31.2 Å². The summed E-state index contributed by atoms with van der Waals surface area (Å²) in [6, 6.07) is 6.05. The van der Waals surface area contributed by atoms with E-state index in [1.807, 2.05) is 0 Å². The summed E-state index contributed by atoms with van der Waals surface area (Å²) in [7, 11) is 0. The standard InChI is InChI=1S/C19H12F7N3OS/c1-9-15(31-17(27-9)29-13-4-2-12(20)3-5-13)16(30)28-14-7-10(18(21,22)23)6-11(8-14)19(24,25)26/h2-8H,1H3,(H,27,29)(H,28,30). The van der Waals surface area contributed by atoms with Gasteiger partial charge in [0.2, 0.25) is 0 Å². The number of amides is 1. The van der Waals surface area contributed by atoms with Crippen molar-refractivity contribution in [1.82, 2.24) is 4.98 Å². The zero-order chi connectivity index (χ0) is 23.0. The lowest BCUT2D eigenvalue weighted by Gasteiger charge is -2.14. The van der Waals surface area contributed by atoms with Gasteiger partial charge in [-0.05, 0) is 49.4 Å². The van der Waals surface area contributed by atoms with E-state index in [9.17, 15) is 35.5 Å². The van der Waals surface area contributed by atoms with Crippen molar-refractivity contribution in [3.8, 4) is 0 Å². The minimum atomic E-state index is -5.03. The van der Waals surface area contributed by atoms with E-state index in [2.05, 4.69) is 15.6 Å². The first kappa shape index (κ1) is 22.5. The van der Waals surface area contributed by atoms with Gasteiger partial charge in [0, 0.05) is 11.4 Å². The van der Waals surface area contributed by atoms with Crippen LogP contribution in [-0.2, 0) is 12.4 Å². The number of alkyl halides is 6. The summed E-state index contributed by atoms with van der Waals surface area (Å²) in [5, 5.41) is 5.13. The second kappa shape index (κ2) is 8.17. The van der Waals surface area contributed by atoms with Crippen LogP contribution >= 0.6 is 11.3 Å². The number of rotatable bonds is 4. The Labute approximate surface area is 174 Å². The molecule has 1 aromatic heterocycles. The summed E-state index contributed by atoms with van der Waals surface area (Å²) < 4.78 is 90.8. The van der Waals surface area contributed by atoms with Gasteiger partial charge < -0.3 is 10.6 Å². The summed E-state index contributed by atoms with van der Waals surface area (Å²) >= 11 is 0.833. The predicted molar refractivity (Wildman–Crippen MR) is 101 cm³/mol. The lowest BCUT2D eigenvalue weighted by atomic mass is 10.1. The van der Waals surface area contributed by atoms with Gasteiger partial charge in [-0.25, -0.2) is 9.37 Å². The number of nitrogens with zero attached hydrogens (tertiary/aromatic N) is 1. The molecule has 3 aromatic rings. The van der Waals surface area contributed by atoms with Crippen molar-refractivity contribution in [2.75, 3.05) is 10.6 Å². The molecule has 12 heteroatoms. The third-order valence-electron chi connectivity index (χ3n) is 3.94. The third-order valence-corrected chi connectivity index (χ3v) is 5.02. The highest BCUT2D eigenvalue weighted by Gasteiger charge is 2.37. The minimum Gasteiger partial charge on any atom is -0.332 e. The second-order valence-electron chi connectivity index (χ2n) is 6.31. The van der Waals surface area contributed by atoms with Gasteiger partial charge >= 0.3 is 12.4 Å². The fourth-order valence-electron chi connectivity index (χ4n) is 2.53. The number of carbonyl (C=O) groups is 1. The molecule has 0 radical (unpaired) electrons. The van der Waals surface area contributed by atoms with Crippen LogP contribution < -0.4 is 10.6 Å². The smallest absolute Gasteiger partial charge is 0.332 e. The molecule has 2 N–H and O–H groups in total. The van der Waals surface area contributed by atoms with E-state index in [0.29, 0.717) is 17.8 Å². The summed E-state index contributed by atoms with van der Waals surface area (Å²) in [5.41, 5.74) is -3.08. The average Bonchev–Trinajstić information content (AvgIpc) is 3.02. The molecule has 1 amide bonds. The molecule has 2 aromatic carbocycles. The predicted octanol–water partition coefficient (Wildman–Crippen LogP) is 6.62. The molecule has 0 aliphatic carbocycles. The molecule has 0 saturated carbocycles. The van der Waals surface area contributed by atoms with Gasteiger partial charge in [0.05, 0.1) is 16.8 Å². The van der Waals surface area contributed by atoms with Gasteiger partial charge in [-0.2, -0.15) is 26.3 Å². The van der Waals surface area contributed by atoms with Crippen LogP contribution in [0, 0.1) is 12.7 Å². The second-order valence-corrected chi connectivity index (χ2v) is 7.31. The fourth-order valence-corrected chi connectivity index (χ4v) is 3.41. The number of anilines is 3. The maximum atomic E-state index is 13.0. The minimum absolute atomic E-state index is 0.0180. The maximum absolute atomic E-state index is 13.0. The lowest BCUT2D eigenvalue weighted by molar-refractivity contribution is -0.143. The van der Waals surface area contributed by atoms with Gasteiger partial charge in [-0.15, -0.1) is 0 Å². The van der Waals surface area contributed by atoms with Crippen molar-refractivity contribution < 1.29 is 35.5 Å². The molecule has 1 heterocycles. The lowest BCUT2D eigenvalue weighted by Crippen LogP contribution is -2.15. The highest BCUT2D eigenvalue weighted by molar-refractivity contribution is 7.17. The largest absolute Gasteiger partial charge is 0.416 e. The average molecular weight is 463 g/mol. The van der Waals surface area contributed by atoms with Crippen molar-refractivity contribution in [1.29, 1.82) is 0 Å². The van der Waals surface area contributed by atoms with E-state index >= 15 is 0 Å². The summed E-state index contributed by atoms with van der Waals surface area (Å²) in [5.74, 6) is -1.38. The van der Waals surface area contributed by atoms with Crippen LogP contribution in [0.1, 0.15) is 26.5 Å². The Balaban J connectivity index is 1.86. The van der Waals surface area contributed by atoms with Crippen molar-refractivity contribution in [3.63, 3.8) is 0 Å². The molecule has 0 saturated heterocycles. The van der Waals surface area contributed by atoms with Crippen LogP contribution in [-0.4, -0.2) is 10.9 Å². The van der Waals surface area contributed by atoms with Crippen molar-refractivity contribution in [2.24, 2.45) is 0 Å². The Morgan fingerprint density at radius 2 is 1.45 bits per heavy atom. The Morgan fingerprint density at radius 1 is 0.903 bits per heavy atom. The normalized spacial score (nSPS) is 12.0. The number of benzene rings is 2. The molecule has 4 nitrogen and oxygen atoms in total. The molecule has 3 rings (SSSR count). The van der Waals surface area contributed by atoms with Crippen molar-refractivity contribution >= 4 is 33.8 Å². The van der Waals surface area contributed by atoms with E-state index in [4.69, 9.17) is 0 Å². The van der Waals surface area contributed by atoms with E-state index in [0.717, 1.165) is 11.3 Å².